The van der Waals surface area contributed by atoms with E-state index < -0.39 is 11.9 Å². The molecular weight excluding hydrogens is 306 g/mol. The Morgan fingerprint density at radius 3 is 1.88 bits per heavy atom. The minimum absolute atomic E-state index is 0.409. The second kappa shape index (κ2) is 8.43. The number of benzene rings is 2. The summed E-state index contributed by atoms with van der Waals surface area (Å²) in [4.78, 5) is 28.5. The van der Waals surface area contributed by atoms with Gasteiger partial charge in [-0.15, -0.1) is 0 Å². The summed E-state index contributed by atoms with van der Waals surface area (Å²) in [5, 5.41) is 3.76. The summed E-state index contributed by atoms with van der Waals surface area (Å²) in [6.07, 6.45) is 1.28. The summed E-state index contributed by atoms with van der Waals surface area (Å²) in [5.41, 5.74) is 1.86. The number of hydrogen-bond acceptors (Lipinski definition) is 5. The number of oxime groups is 1. The zero-order chi connectivity index (χ0) is 17.4. The monoisotopic (exact) mass is 323 g/mol. The van der Waals surface area contributed by atoms with Crippen molar-refractivity contribution in [3.05, 3.63) is 83.6 Å². The van der Waals surface area contributed by atoms with E-state index in [1.807, 2.05) is 6.07 Å². The van der Waals surface area contributed by atoms with Crippen LogP contribution in [-0.4, -0.2) is 17.7 Å². The molecule has 0 heterocycles. The molecule has 0 saturated carbocycles. The average molecular weight is 323 g/mol. The van der Waals surface area contributed by atoms with Crippen LogP contribution in [0.4, 0.5) is 0 Å². The van der Waals surface area contributed by atoms with Crippen molar-refractivity contribution in [1.82, 2.24) is 0 Å². The predicted molar refractivity (Wildman–Crippen MR) is 90.6 cm³/mol. The van der Waals surface area contributed by atoms with Gasteiger partial charge < -0.3 is 9.57 Å². The number of carbonyl (C=O) groups excluding carboxylic acids is 2. The van der Waals surface area contributed by atoms with Gasteiger partial charge in [0.15, 0.2) is 0 Å². The molecule has 2 aromatic rings. The fraction of sp³-hybridized carbons (Fsp3) is 0.105. The van der Waals surface area contributed by atoms with Crippen LogP contribution in [0.1, 0.15) is 34.6 Å². The van der Waals surface area contributed by atoms with Gasteiger partial charge in [0.25, 0.3) is 0 Å². The van der Waals surface area contributed by atoms with Crippen LogP contribution in [0, 0.1) is 0 Å². The molecule has 0 aliphatic rings. The summed E-state index contributed by atoms with van der Waals surface area (Å²) in [5.74, 6) is -1.02. The molecule has 24 heavy (non-hydrogen) atoms. The van der Waals surface area contributed by atoms with Gasteiger partial charge in [0, 0.05) is 5.57 Å². The van der Waals surface area contributed by atoms with Crippen molar-refractivity contribution in [3.8, 4) is 0 Å². The van der Waals surface area contributed by atoms with Gasteiger partial charge in [0.05, 0.1) is 23.1 Å². The Hall–Kier alpha value is -3.21. The third-order valence-corrected chi connectivity index (χ3v) is 3.20. The number of carbonyl (C=O) groups is 2. The van der Waals surface area contributed by atoms with E-state index in [0.717, 1.165) is 0 Å². The molecule has 0 aromatic heterocycles. The highest BCUT2D eigenvalue weighted by Gasteiger charge is 2.08. The van der Waals surface area contributed by atoms with Crippen LogP contribution in [0.25, 0.3) is 0 Å². The van der Waals surface area contributed by atoms with E-state index in [1.54, 1.807) is 68.4 Å². The van der Waals surface area contributed by atoms with Gasteiger partial charge >= 0.3 is 11.9 Å². The van der Waals surface area contributed by atoms with Crippen LogP contribution in [0.15, 0.2) is 77.7 Å². The molecule has 0 bridgehead atoms. The maximum Gasteiger partial charge on any atom is 0.365 e. The van der Waals surface area contributed by atoms with Crippen LogP contribution in [0.2, 0.25) is 0 Å². The maximum atomic E-state index is 11.8. The zero-order valence-corrected chi connectivity index (χ0v) is 13.4. The summed E-state index contributed by atoms with van der Waals surface area (Å²) < 4.78 is 5.08. The van der Waals surface area contributed by atoms with Gasteiger partial charge in [-0.2, -0.15) is 0 Å². The van der Waals surface area contributed by atoms with E-state index in [-0.39, 0.29) is 0 Å². The third kappa shape index (κ3) is 4.91. The van der Waals surface area contributed by atoms with Crippen molar-refractivity contribution in [1.29, 1.82) is 0 Å². The van der Waals surface area contributed by atoms with Crippen LogP contribution in [-0.2, 0) is 9.57 Å². The van der Waals surface area contributed by atoms with Gasteiger partial charge in [0.1, 0.15) is 0 Å². The van der Waals surface area contributed by atoms with Crippen LogP contribution < -0.4 is 0 Å². The molecule has 0 saturated heterocycles. The smallest absolute Gasteiger partial charge is 0.365 e. The number of ether oxygens (including phenoxy) is 1. The van der Waals surface area contributed by atoms with Gasteiger partial charge in [-0.25, -0.2) is 9.59 Å². The predicted octanol–water partition coefficient (Wildman–Crippen LogP) is 3.98. The van der Waals surface area contributed by atoms with E-state index in [9.17, 15) is 9.59 Å². The highest BCUT2D eigenvalue weighted by atomic mass is 16.7. The molecule has 0 fully saturated rings. The second-order valence-corrected chi connectivity index (χ2v) is 4.99. The summed E-state index contributed by atoms with van der Waals surface area (Å²) in [7, 11) is 0. The Morgan fingerprint density at radius 2 is 1.33 bits per heavy atom. The molecule has 0 unspecified atom stereocenters. The van der Waals surface area contributed by atoms with E-state index in [1.165, 1.54) is 6.26 Å². The molecular formula is C19H17NO4. The highest BCUT2D eigenvalue weighted by molar-refractivity contribution is 5.98. The van der Waals surface area contributed by atoms with Crippen molar-refractivity contribution in [2.75, 3.05) is 0 Å². The van der Waals surface area contributed by atoms with Crippen LogP contribution >= 0.6 is 0 Å². The first-order valence-corrected chi connectivity index (χ1v) is 7.32. The summed E-state index contributed by atoms with van der Waals surface area (Å²) >= 11 is 0. The zero-order valence-electron chi connectivity index (χ0n) is 13.4. The molecule has 0 N–H and O–H groups in total. The topological polar surface area (TPSA) is 65.0 Å². The normalized spacial score (nSPS) is 11.8. The van der Waals surface area contributed by atoms with Crippen molar-refractivity contribution < 1.29 is 19.2 Å². The highest BCUT2D eigenvalue weighted by Crippen LogP contribution is 2.06. The molecule has 0 radical (unpaired) electrons. The lowest BCUT2D eigenvalue weighted by atomic mass is 10.2. The summed E-state index contributed by atoms with van der Waals surface area (Å²) in [6.45, 7) is 3.36. The number of hydrogen-bond donors (Lipinski definition) is 0. The lowest BCUT2D eigenvalue weighted by molar-refractivity contribution is 0.0515. The molecule has 2 rings (SSSR count). The number of allylic oxidation sites excluding steroid dienone is 1. The molecule has 2 aromatic carbocycles. The Kier molecular flexibility index (Phi) is 6.02. The van der Waals surface area contributed by atoms with Crippen molar-refractivity contribution in [2.45, 2.75) is 13.8 Å². The second-order valence-electron chi connectivity index (χ2n) is 4.99. The first-order chi connectivity index (χ1) is 11.6. The Labute approximate surface area is 140 Å². The minimum Gasteiger partial charge on any atom is -0.431 e. The van der Waals surface area contributed by atoms with Gasteiger partial charge in [-0.05, 0) is 38.1 Å². The Bertz CT molecular complexity index is 697. The first-order valence-electron chi connectivity index (χ1n) is 7.32. The largest absolute Gasteiger partial charge is 0.431 e. The van der Waals surface area contributed by atoms with Crippen LogP contribution in [0.3, 0.4) is 0 Å². The number of nitrogens with zero attached hydrogens (tertiary/aromatic N) is 1. The van der Waals surface area contributed by atoms with Gasteiger partial charge in [-0.3, -0.25) is 0 Å². The van der Waals surface area contributed by atoms with E-state index in [0.29, 0.717) is 22.4 Å². The lowest BCUT2D eigenvalue weighted by Gasteiger charge is -2.03. The quantitative estimate of drug-likeness (QED) is 0.274. The summed E-state index contributed by atoms with van der Waals surface area (Å²) in [6, 6.07) is 17.2. The maximum absolute atomic E-state index is 11.8. The fourth-order valence-electron chi connectivity index (χ4n) is 1.68. The molecule has 122 valence electrons. The molecule has 0 aliphatic carbocycles. The standard InChI is InChI=1S/C19H17NO4/c1-14(13-23-18(21)16-9-5-3-6-10-16)15(2)20-24-19(22)17-11-7-4-8-12-17/h3-13H,1-2H3. The Morgan fingerprint density at radius 1 is 0.833 bits per heavy atom. The number of esters is 1. The molecule has 0 atom stereocenters. The molecule has 0 aliphatic heterocycles. The fourth-order valence-corrected chi connectivity index (χ4v) is 1.68. The van der Waals surface area contributed by atoms with E-state index in [2.05, 4.69) is 5.16 Å². The molecule has 5 heteroatoms. The average Bonchev–Trinajstić information content (AvgIpc) is 2.64. The SMILES string of the molecule is CC(=COC(=O)c1ccccc1)C(C)=NOC(=O)c1ccccc1. The molecule has 0 spiro atoms. The molecule has 0 amide bonds. The van der Waals surface area contributed by atoms with Crippen LogP contribution in [0.5, 0.6) is 0 Å². The van der Waals surface area contributed by atoms with Crippen molar-refractivity contribution >= 4 is 17.7 Å². The van der Waals surface area contributed by atoms with Gasteiger partial charge in [0.2, 0.25) is 0 Å². The molecule has 5 nitrogen and oxygen atoms in total. The van der Waals surface area contributed by atoms with E-state index >= 15 is 0 Å². The van der Waals surface area contributed by atoms with Crippen molar-refractivity contribution in [3.63, 3.8) is 0 Å². The van der Waals surface area contributed by atoms with Crippen molar-refractivity contribution in [2.24, 2.45) is 5.16 Å². The number of rotatable bonds is 5. The van der Waals surface area contributed by atoms with Gasteiger partial charge in [-0.1, -0.05) is 41.6 Å². The Balaban J connectivity index is 1.94. The third-order valence-electron chi connectivity index (χ3n) is 3.20. The van der Waals surface area contributed by atoms with E-state index in [4.69, 9.17) is 9.57 Å². The minimum atomic E-state index is -0.552. The first kappa shape index (κ1) is 17.1. The lowest BCUT2D eigenvalue weighted by Crippen LogP contribution is -2.05.